The van der Waals surface area contributed by atoms with Crippen molar-refractivity contribution in [1.82, 2.24) is 21.2 Å². The summed E-state index contributed by atoms with van der Waals surface area (Å²) < 4.78 is 17.1. The number of allylic oxidation sites excluding steroid dienone is 6. The van der Waals surface area contributed by atoms with Crippen molar-refractivity contribution in [3.63, 3.8) is 0 Å². The molecule has 0 bridgehead atoms. The third-order valence-corrected chi connectivity index (χ3v) is 8.57. The summed E-state index contributed by atoms with van der Waals surface area (Å²) in [6, 6.07) is 7.71. The van der Waals surface area contributed by atoms with Gasteiger partial charge in [-0.3, -0.25) is 18.8 Å². The quantitative estimate of drug-likeness (QED) is 0.0210. The number of rotatable bonds is 9. The molecule has 4 heterocycles. The van der Waals surface area contributed by atoms with Crippen LogP contribution in [0.25, 0.3) is 5.32 Å². The van der Waals surface area contributed by atoms with Crippen molar-refractivity contribution in [3.05, 3.63) is 77.2 Å². The molecule has 4 N–H and O–H groups in total. The van der Waals surface area contributed by atoms with Crippen LogP contribution in [0.4, 0.5) is 4.39 Å². The van der Waals surface area contributed by atoms with Crippen molar-refractivity contribution in [3.8, 4) is 0 Å². The number of amides is 5. The molecule has 11 nitrogen and oxygen atoms in total. The van der Waals surface area contributed by atoms with Crippen LogP contribution in [0, 0.1) is 17.8 Å². The molecule has 1 radical (unpaired) electrons. The van der Waals surface area contributed by atoms with E-state index in [-0.39, 0.29) is 88.5 Å². The van der Waals surface area contributed by atoms with Gasteiger partial charge in [-0.2, -0.15) is 0 Å². The van der Waals surface area contributed by atoms with Gasteiger partial charge in [0.05, 0.1) is 44.3 Å². The summed E-state index contributed by atoms with van der Waals surface area (Å²) in [6.45, 7) is 21.0. The molecule has 0 aliphatic carbocycles. The van der Waals surface area contributed by atoms with Gasteiger partial charge in [-0.1, -0.05) is 124 Å². The van der Waals surface area contributed by atoms with Crippen molar-refractivity contribution in [1.29, 1.82) is 0 Å². The number of fused-ring (bicyclic) bond motifs is 1. The molecule has 3 saturated heterocycles. The number of β-lactam (4-membered cyclic amide) rings is 3. The Kier molecular flexibility index (Phi) is 54.8. The summed E-state index contributed by atoms with van der Waals surface area (Å²) in [7, 11) is 0.304. The first-order valence-electron chi connectivity index (χ1n) is 19.9. The van der Waals surface area contributed by atoms with Crippen molar-refractivity contribution in [2.45, 2.75) is 120 Å². The third-order valence-electron chi connectivity index (χ3n) is 8.19. The first kappa shape index (κ1) is 67.6. The maximum Gasteiger partial charge on any atom is 1.00 e. The second-order valence-electron chi connectivity index (χ2n) is 12.3. The molecule has 0 unspecified atom stereocenters. The zero-order chi connectivity index (χ0) is 46.2. The van der Waals surface area contributed by atoms with E-state index >= 15 is 0 Å². The largest absolute Gasteiger partial charge is 1.00 e. The number of nitrogens with zero attached hydrogens (tertiary/aromatic N) is 1. The second kappa shape index (κ2) is 48.6. The van der Waals surface area contributed by atoms with Crippen LogP contribution in [0.1, 0.15) is 124 Å². The van der Waals surface area contributed by atoms with E-state index in [9.17, 15) is 33.2 Å². The molecule has 3 fully saturated rings. The van der Waals surface area contributed by atoms with Gasteiger partial charge in [-0.25, -0.2) is 0 Å². The van der Waals surface area contributed by atoms with Gasteiger partial charge < -0.3 is 40.9 Å². The molecule has 5 rings (SSSR count). The minimum atomic E-state index is -1.00. The van der Waals surface area contributed by atoms with Crippen LogP contribution >= 0.6 is 50.7 Å². The van der Waals surface area contributed by atoms with E-state index in [0.29, 0.717) is 47.8 Å². The molecular weight excluding hydrogens is 990 g/mol. The first-order valence-corrected chi connectivity index (χ1v) is 22.1. The normalized spacial score (nSPS) is 20.6. The summed E-state index contributed by atoms with van der Waals surface area (Å²) in [5, 5.41) is 15.2. The van der Waals surface area contributed by atoms with Gasteiger partial charge in [0, 0.05) is 38.0 Å². The fraction of sp³-hybridized carbons (Fsp3) is 0.558. The Morgan fingerprint density at radius 2 is 1.13 bits per heavy atom. The van der Waals surface area contributed by atoms with E-state index in [0.717, 1.165) is 31.0 Å². The van der Waals surface area contributed by atoms with E-state index in [1.165, 1.54) is 7.41 Å². The standard InChI is InChI=1S/C8H5NO2.C6H10BN2O2.2C6H11NO.2C5H10.C4H7Br.CH3F.CHIS.CH4.K/c10-7-5-3-1-2-4-6(5)8(11)9-7;1-4-5(6(11)9-4)2-8-7-3-10;2*1-3-5-4(2)7-6(5)8;2*1-3-5-4-2;1-2-3-4-5;1-2;2-1-3;;/h1-4H,(H,9,10,11);3-5,8H,2H2,1H3,(H,9,11);2*4-5H,3H2,1-2H3,(H,7,8);2*3,5H,4H2,1-2H3;2-3H,4H2,1H3;1H3;1H;1H4;/q;;;;;;;;;;+1/p-1/b;;;;2*5-3+;3-2+;;;;/t;3*4-,5-;;;;;;;/m.111......./s1/i;;;;;;;1D;;;. The number of alkyl halides is 2. The van der Waals surface area contributed by atoms with Crippen molar-refractivity contribution < 1.29 is 85.9 Å². The Morgan fingerprint density at radius 3 is 1.30 bits per heavy atom. The third kappa shape index (κ3) is 33.2. The molecule has 4 aliphatic rings. The number of hydrogen-bond acceptors (Lipinski definition) is 8. The molecule has 335 valence electrons. The molecule has 6 atom stereocenters. The van der Waals surface area contributed by atoms with E-state index in [4.69, 9.17) is 1.37 Å². The number of halogens is 3. The minimum absolute atomic E-state index is 0. The number of nitrogens with one attached hydrogen (secondary N) is 4. The molecular formula is C43H71BBrFIKN5O6S. The molecule has 5 amide bonds. The van der Waals surface area contributed by atoms with Crippen molar-refractivity contribution in [2.24, 2.45) is 17.8 Å². The first-order chi connectivity index (χ1) is 28.1. The van der Waals surface area contributed by atoms with Gasteiger partial charge in [0.1, 0.15) is 0 Å². The number of hydrogen-bond donors (Lipinski definition) is 4. The van der Waals surface area contributed by atoms with E-state index in [2.05, 4.69) is 92.8 Å². The number of carbonyl (C=O) groups is 6. The average Bonchev–Trinajstić information content (AvgIpc) is 3.49. The van der Waals surface area contributed by atoms with Crippen LogP contribution in [0.15, 0.2) is 60.7 Å². The number of thiocarbonyl (C=S) groups is 1. The van der Waals surface area contributed by atoms with Crippen molar-refractivity contribution >= 4 is 97.2 Å². The van der Waals surface area contributed by atoms with Crippen LogP contribution in [0.5, 0.6) is 0 Å². The van der Waals surface area contributed by atoms with Gasteiger partial charge in [0.2, 0.25) is 17.7 Å². The molecule has 17 heteroatoms. The summed E-state index contributed by atoms with van der Waals surface area (Å²) in [4.78, 5) is 63.5. The van der Waals surface area contributed by atoms with Crippen LogP contribution in [0.2, 0.25) is 0 Å². The Hall–Kier alpha value is -1.45. The predicted molar refractivity (Wildman–Crippen MR) is 263 cm³/mol. The SMILES string of the molecule is C.C/C=C/CBr.C/C=C/CC.C/C=C/CC.CC[C@H]1C(=O)N[C@@H]1C.CC[C@H]1C(=O)N[C@@H]1C.C[C@H]1NC(=O)[C@@H]1CN[B]C=O.O=C1[N-]C(=O)c2ccccc21.S=CI.[2H]CF.[K+]. The Bertz CT molecular complexity index is 1350. The topological polar surface area (TPSA) is 165 Å². The van der Waals surface area contributed by atoms with E-state index in [1.54, 1.807) is 27.6 Å². The van der Waals surface area contributed by atoms with E-state index < -0.39 is 19.0 Å². The summed E-state index contributed by atoms with van der Waals surface area (Å²) in [6.07, 6.45) is 17.4. The second-order valence-corrected chi connectivity index (χ2v) is 14.6. The summed E-state index contributed by atoms with van der Waals surface area (Å²) >= 11 is 9.46. The van der Waals surface area contributed by atoms with Gasteiger partial charge >= 0.3 is 51.4 Å². The molecule has 0 aromatic heterocycles. The van der Waals surface area contributed by atoms with Crippen LogP contribution in [-0.2, 0) is 19.2 Å². The number of carbonyl (C=O) groups excluding carboxylic acids is 6. The van der Waals surface area contributed by atoms with Crippen molar-refractivity contribution in [2.75, 3.05) is 19.0 Å². The maximum atomic E-state index is 10.9. The zero-order valence-corrected chi connectivity index (χ0v) is 44.5. The monoisotopic (exact) mass is 1060 g/mol. The Balaban J connectivity index is -0.000000144. The Labute approximate surface area is 434 Å². The maximum absolute atomic E-state index is 10.9. The fourth-order valence-electron chi connectivity index (χ4n) is 4.91. The summed E-state index contributed by atoms with van der Waals surface area (Å²) in [5.74, 6) is 0.275. The Morgan fingerprint density at radius 1 is 0.800 bits per heavy atom. The van der Waals surface area contributed by atoms with Crippen LogP contribution < -0.4 is 72.6 Å². The van der Waals surface area contributed by atoms with Gasteiger partial charge in [-0.15, -0.1) is 0 Å². The molecule has 1 aromatic carbocycles. The molecule has 4 aliphatic heterocycles. The smallest absolute Gasteiger partial charge is 0.587 e. The molecule has 0 saturated carbocycles. The van der Waals surface area contributed by atoms with Crippen LogP contribution in [-0.4, -0.2) is 83.7 Å². The average molecular weight is 1060 g/mol. The molecule has 60 heavy (non-hydrogen) atoms. The predicted octanol–water partition coefficient (Wildman–Crippen LogP) is 6.44. The zero-order valence-electron chi connectivity index (χ0n) is 37.9. The minimum Gasteiger partial charge on any atom is -0.587 e. The number of imide groups is 1. The number of benzene rings is 1. The van der Waals surface area contributed by atoms with Gasteiger partial charge in [-0.05, 0) is 96.4 Å². The fourth-order valence-corrected chi connectivity index (χ4v) is 5.28. The van der Waals surface area contributed by atoms with E-state index in [1.807, 2.05) is 90.1 Å². The molecule has 1 aromatic rings. The summed E-state index contributed by atoms with van der Waals surface area (Å²) in [5.41, 5.74) is 0.829. The van der Waals surface area contributed by atoms with Crippen LogP contribution in [0.3, 0.4) is 0 Å². The van der Waals surface area contributed by atoms with Gasteiger partial charge in [0.25, 0.3) is 7.41 Å². The van der Waals surface area contributed by atoms with Gasteiger partial charge in [0.15, 0.2) is 0 Å². The molecule has 0 spiro atoms.